The summed E-state index contributed by atoms with van der Waals surface area (Å²) in [4.78, 5) is 12.5. The van der Waals surface area contributed by atoms with Crippen molar-refractivity contribution in [1.82, 2.24) is 0 Å². The molecule has 0 amide bonds. The summed E-state index contributed by atoms with van der Waals surface area (Å²) in [6.07, 6.45) is 15.2. The van der Waals surface area contributed by atoms with E-state index >= 15 is 0 Å². The Bertz CT molecular complexity index is 1200. The molecule has 260 valence electrons. The Labute approximate surface area is 285 Å². The van der Waals surface area contributed by atoms with Crippen LogP contribution in [0.15, 0.2) is 24.3 Å². The number of unbranched alkanes of at least 4 members (excludes halogenated alkanes) is 10. The molecule has 2 aromatic carbocycles. The summed E-state index contributed by atoms with van der Waals surface area (Å²) in [5.74, 6) is 1.67. The number of hydrogen-bond donors (Lipinski definition) is 1. The second-order valence-corrected chi connectivity index (χ2v) is 20.4. The third-order valence-electron chi connectivity index (χ3n) is 9.57. The SMILES string of the molecule is CCCCCCCCCCCCC[P+]1(O)Oc2c(cc(C(C)(C)C)cc2C(C)(C)C)Cc2cc(C(C)(C)C)cc(C(C)(C)C)c2O1. The lowest BCUT2D eigenvalue weighted by Gasteiger charge is -2.33. The lowest BCUT2D eigenvalue weighted by atomic mass is 9.76. The van der Waals surface area contributed by atoms with Crippen molar-refractivity contribution < 1.29 is 13.9 Å². The van der Waals surface area contributed by atoms with E-state index in [2.05, 4.69) is 114 Å². The number of rotatable bonds is 12. The highest BCUT2D eigenvalue weighted by Gasteiger charge is 2.48. The maximum Gasteiger partial charge on any atom is 0.495 e. The minimum absolute atomic E-state index is 0.0124. The molecule has 0 saturated carbocycles. The highest BCUT2D eigenvalue weighted by Crippen LogP contribution is 2.62. The van der Waals surface area contributed by atoms with Gasteiger partial charge in [-0.1, -0.05) is 172 Å². The van der Waals surface area contributed by atoms with Gasteiger partial charge >= 0.3 is 7.94 Å². The Morgan fingerprint density at radius 1 is 0.522 bits per heavy atom. The Balaban J connectivity index is 2.03. The highest BCUT2D eigenvalue weighted by molar-refractivity contribution is 7.61. The van der Waals surface area contributed by atoms with Crippen molar-refractivity contribution in [3.05, 3.63) is 57.6 Å². The zero-order valence-corrected chi connectivity index (χ0v) is 33.1. The quantitative estimate of drug-likeness (QED) is 0.183. The molecule has 3 nitrogen and oxygen atoms in total. The molecular formula is C42H70O3P+. The van der Waals surface area contributed by atoms with Gasteiger partial charge in [-0.2, -0.15) is 4.89 Å². The van der Waals surface area contributed by atoms with Crippen LogP contribution in [0.25, 0.3) is 0 Å². The first-order valence-electron chi connectivity index (χ1n) is 18.5. The second kappa shape index (κ2) is 15.3. The van der Waals surface area contributed by atoms with Crippen molar-refractivity contribution in [1.29, 1.82) is 0 Å². The van der Waals surface area contributed by atoms with E-state index in [-0.39, 0.29) is 21.7 Å². The van der Waals surface area contributed by atoms with Gasteiger partial charge in [-0.25, -0.2) is 0 Å². The van der Waals surface area contributed by atoms with Gasteiger partial charge in [0, 0.05) is 28.7 Å². The number of benzene rings is 2. The summed E-state index contributed by atoms with van der Waals surface area (Å²) in [5, 5.41) is 0. The van der Waals surface area contributed by atoms with E-state index in [1.165, 1.54) is 68.9 Å². The molecule has 4 heteroatoms. The van der Waals surface area contributed by atoms with Crippen LogP contribution in [0.5, 0.6) is 11.5 Å². The van der Waals surface area contributed by atoms with Gasteiger partial charge in [0.25, 0.3) is 0 Å². The van der Waals surface area contributed by atoms with Crippen LogP contribution in [0.3, 0.4) is 0 Å². The molecule has 3 rings (SSSR count). The zero-order valence-electron chi connectivity index (χ0n) is 32.2. The Morgan fingerprint density at radius 3 is 1.20 bits per heavy atom. The number of fused-ring (bicyclic) bond motifs is 2. The minimum Gasteiger partial charge on any atom is -0.277 e. The lowest BCUT2D eigenvalue weighted by molar-refractivity contribution is 0.329. The lowest BCUT2D eigenvalue weighted by Crippen LogP contribution is -2.25. The van der Waals surface area contributed by atoms with E-state index in [1.807, 2.05) is 0 Å². The first-order valence-corrected chi connectivity index (χ1v) is 20.3. The molecule has 2 aromatic rings. The molecule has 0 aromatic heterocycles. The second-order valence-electron chi connectivity index (χ2n) is 18.3. The van der Waals surface area contributed by atoms with Gasteiger partial charge in [0.05, 0.1) is 0 Å². The molecule has 0 unspecified atom stereocenters. The first kappa shape index (κ1) is 38.9. The van der Waals surface area contributed by atoms with Crippen molar-refractivity contribution >= 4 is 7.94 Å². The van der Waals surface area contributed by atoms with Crippen molar-refractivity contribution in [3.63, 3.8) is 0 Å². The molecule has 1 aliphatic rings. The predicted octanol–water partition coefficient (Wildman–Crippen LogP) is 13.3. The van der Waals surface area contributed by atoms with Crippen molar-refractivity contribution in [2.45, 2.75) is 189 Å². The molecule has 1 heterocycles. The predicted molar refractivity (Wildman–Crippen MR) is 202 cm³/mol. The van der Waals surface area contributed by atoms with Crippen LogP contribution in [-0.2, 0) is 28.1 Å². The van der Waals surface area contributed by atoms with Crippen LogP contribution >= 0.6 is 7.94 Å². The van der Waals surface area contributed by atoms with Gasteiger partial charge < -0.3 is 0 Å². The molecule has 0 atom stereocenters. The standard InChI is InChI=1S/C42H70O3P/c1-14-15-16-17-18-19-20-21-22-23-24-25-46(43)44-37-31(27-33(39(2,3)4)29-35(37)41(8,9)10)26-32-28-34(40(5,6)7)30-36(38(32)45-46)42(11,12)13/h27-30,43H,14-26H2,1-13H3/q+1. The first-order chi connectivity index (χ1) is 21.2. The van der Waals surface area contributed by atoms with Gasteiger partial charge in [0.2, 0.25) is 0 Å². The molecule has 0 aliphatic carbocycles. The summed E-state index contributed by atoms with van der Waals surface area (Å²) >= 11 is 0. The van der Waals surface area contributed by atoms with E-state index < -0.39 is 7.94 Å². The summed E-state index contributed by atoms with van der Waals surface area (Å²) in [6.45, 7) is 29.5. The van der Waals surface area contributed by atoms with Crippen LogP contribution in [0.1, 0.15) is 194 Å². The van der Waals surface area contributed by atoms with E-state index in [1.54, 1.807) is 0 Å². The van der Waals surface area contributed by atoms with Crippen molar-refractivity contribution in [3.8, 4) is 11.5 Å². The van der Waals surface area contributed by atoms with E-state index in [9.17, 15) is 4.89 Å². The Hall–Kier alpha value is -1.57. The molecule has 0 spiro atoms. The molecule has 46 heavy (non-hydrogen) atoms. The van der Waals surface area contributed by atoms with Gasteiger partial charge in [-0.3, -0.25) is 9.05 Å². The van der Waals surface area contributed by atoms with E-state index in [0.717, 1.165) is 46.6 Å². The fourth-order valence-corrected chi connectivity index (χ4v) is 8.26. The summed E-state index contributed by atoms with van der Waals surface area (Å²) in [7, 11) is -3.28. The molecule has 1 aliphatic heterocycles. The van der Waals surface area contributed by atoms with Crippen LogP contribution in [0, 0.1) is 0 Å². The van der Waals surface area contributed by atoms with Crippen molar-refractivity contribution in [2.75, 3.05) is 6.16 Å². The maximum absolute atomic E-state index is 12.5. The van der Waals surface area contributed by atoms with Gasteiger partial charge in [-0.05, 0) is 45.6 Å². The molecule has 0 bridgehead atoms. The average molecular weight is 654 g/mol. The average Bonchev–Trinajstić information content (AvgIpc) is 2.90. The zero-order chi connectivity index (χ0) is 34.6. The van der Waals surface area contributed by atoms with Crippen LogP contribution in [-0.4, -0.2) is 11.1 Å². The Morgan fingerprint density at radius 2 is 0.870 bits per heavy atom. The largest absolute Gasteiger partial charge is 0.495 e. The van der Waals surface area contributed by atoms with E-state index in [4.69, 9.17) is 9.05 Å². The molecule has 1 N–H and O–H groups in total. The van der Waals surface area contributed by atoms with Crippen LogP contribution in [0.4, 0.5) is 0 Å². The fourth-order valence-electron chi connectivity index (χ4n) is 6.41. The topological polar surface area (TPSA) is 38.7 Å². The maximum atomic E-state index is 12.5. The smallest absolute Gasteiger partial charge is 0.277 e. The normalized spacial score (nSPS) is 15.3. The van der Waals surface area contributed by atoms with Gasteiger partial charge in [0.15, 0.2) is 17.7 Å². The third-order valence-corrected chi connectivity index (χ3v) is 11.4. The Kier molecular flexibility index (Phi) is 13.0. The van der Waals surface area contributed by atoms with Gasteiger partial charge in [0.1, 0.15) is 0 Å². The molecular weight excluding hydrogens is 583 g/mol. The fraction of sp³-hybridized carbons (Fsp3) is 0.714. The minimum atomic E-state index is -3.28. The van der Waals surface area contributed by atoms with Gasteiger partial charge in [-0.15, -0.1) is 0 Å². The molecule has 0 saturated heterocycles. The summed E-state index contributed by atoms with van der Waals surface area (Å²) in [6, 6.07) is 9.32. The van der Waals surface area contributed by atoms with Crippen LogP contribution in [0.2, 0.25) is 0 Å². The monoisotopic (exact) mass is 654 g/mol. The third kappa shape index (κ3) is 10.7. The van der Waals surface area contributed by atoms with Crippen molar-refractivity contribution in [2.24, 2.45) is 0 Å². The highest BCUT2D eigenvalue weighted by atomic mass is 31.2. The number of hydrogen-bond acceptors (Lipinski definition) is 3. The molecule has 0 fully saturated rings. The van der Waals surface area contributed by atoms with Crippen LogP contribution < -0.4 is 9.05 Å². The molecule has 0 radical (unpaired) electrons. The summed E-state index contributed by atoms with van der Waals surface area (Å²) < 4.78 is 13.8. The van der Waals surface area contributed by atoms with E-state index in [0.29, 0.717) is 12.6 Å². The summed E-state index contributed by atoms with van der Waals surface area (Å²) in [5.41, 5.74) is 6.90.